The summed E-state index contributed by atoms with van der Waals surface area (Å²) in [6.07, 6.45) is 0.544. The molecule has 1 atom stereocenters. The number of hydrazone groups is 1. The Morgan fingerprint density at radius 1 is 0.970 bits per heavy atom. The predicted octanol–water partition coefficient (Wildman–Crippen LogP) is 7.71. The Labute approximate surface area is 213 Å². The fourth-order valence-corrected chi connectivity index (χ4v) is 4.79. The van der Waals surface area contributed by atoms with Crippen molar-refractivity contribution in [3.8, 4) is 0 Å². The number of halogens is 3. The minimum atomic E-state index is -0.356. The second-order valence-electron chi connectivity index (χ2n) is 7.99. The molecular formula is C26H18Br2ClN3O. The first kappa shape index (κ1) is 22.3. The maximum atomic E-state index is 13.5. The van der Waals surface area contributed by atoms with Gasteiger partial charge in [0.15, 0.2) is 0 Å². The van der Waals surface area contributed by atoms with Crippen molar-refractivity contribution in [2.45, 2.75) is 19.4 Å². The lowest BCUT2D eigenvalue weighted by molar-refractivity contribution is 0.0711. The van der Waals surface area contributed by atoms with Gasteiger partial charge >= 0.3 is 0 Å². The van der Waals surface area contributed by atoms with Crippen molar-refractivity contribution in [2.24, 2.45) is 5.10 Å². The molecule has 33 heavy (non-hydrogen) atoms. The van der Waals surface area contributed by atoms with Crippen LogP contribution in [0.5, 0.6) is 0 Å². The van der Waals surface area contributed by atoms with Crippen molar-refractivity contribution >= 4 is 66.0 Å². The lowest BCUT2D eigenvalue weighted by atomic mass is 9.98. The van der Waals surface area contributed by atoms with E-state index < -0.39 is 0 Å². The van der Waals surface area contributed by atoms with E-state index in [2.05, 4.69) is 36.8 Å². The number of hydrogen-bond acceptors (Lipinski definition) is 3. The number of aryl methyl sites for hydroxylation is 1. The van der Waals surface area contributed by atoms with Crippen LogP contribution in [0.1, 0.15) is 39.5 Å². The number of hydrogen-bond donors (Lipinski definition) is 0. The highest BCUT2D eigenvalue weighted by Gasteiger charge is 2.35. The molecule has 1 aromatic heterocycles. The van der Waals surface area contributed by atoms with Crippen molar-refractivity contribution in [3.63, 3.8) is 0 Å². The number of pyridine rings is 1. The van der Waals surface area contributed by atoms with Gasteiger partial charge in [-0.25, -0.2) is 9.99 Å². The molecule has 7 heteroatoms. The van der Waals surface area contributed by atoms with Crippen molar-refractivity contribution in [2.75, 3.05) is 0 Å². The first-order valence-electron chi connectivity index (χ1n) is 10.4. The summed E-state index contributed by atoms with van der Waals surface area (Å²) in [7, 11) is 0. The zero-order chi connectivity index (χ0) is 23.1. The fraction of sp³-hybridized carbons (Fsp3) is 0.115. The number of amides is 1. The van der Waals surface area contributed by atoms with Crippen molar-refractivity contribution in [3.05, 3.63) is 109 Å². The highest BCUT2D eigenvalue weighted by atomic mass is 79.9. The number of fused-ring (bicyclic) bond motifs is 1. The van der Waals surface area contributed by atoms with Gasteiger partial charge < -0.3 is 0 Å². The van der Waals surface area contributed by atoms with E-state index in [1.54, 1.807) is 17.1 Å². The molecule has 0 fully saturated rings. The number of carbonyl (C=O) groups excluding carboxylic acids is 1. The third kappa shape index (κ3) is 4.47. The van der Waals surface area contributed by atoms with Crippen LogP contribution in [0.3, 0.4) is 0 Å². The van der Waals surface area contributed by atoms with E-state index in [0.29, 0.717) is 17.1 Å². The summed E-state index contributed by atoms with van der Waals surface area (Å²) < 4.78 is 1.90. The van der Waals surface area contributed by atoms with Crippen molar-refractivity contribution in [1.82, 2.24) is 9.99 Å². The molecule has 164 valence electrons. The van der Waals surface area contributed by atoms with E-state index in [4.69, 9.17) is 16.7 Å². The average molecular weight is 584 g/mol. The van der Waals surface area contributed by atoms with E-state index in [-0.39, 0.29) is 11.9 Å². The van der Waals surface area contributed by atoms with Gasteiger partial charge in [-0.3, -0.25) is 4.79 Å². The molecule has 1 aliphatic heterocycles. The topological polar surface area (TPSA) is 45.6 Å². The van der Waals surface area contributed by atoms with E-state index in [0.717, 1.165) is 42.3 Å². The molecule has 3 aromatic carbocycles. The summed E-state index contributed by atoms with van der Waals surface area (Å²) in [6, 6.07) is 23.0. The SMILES string of the molecule is Cc1ccc2cc([C@@H]3CC(c4ccc(Br)cc4)=NN3C(=O)c3ccc(Br)cc3)c(Cl)nc2c1. The predicted molar refractivity (Wildman–Crippen MR) is 140 cm³/mol. The molecule has 0 saturated heterocycles. The summed E-state index contributed by atoms with van der Waals surface area (Å²) >= 11 is 13.6. The van der Waals surface area contributed by atoms with Gasteiger partial charge in [-0.2, -0.15) is 5.10 Å². The second kappa shape index (κ2) is 9.01. The number of benzene rings is 3. The van der Waals surface area contributed by atoms with Crippen molar-refractivity contribution in [1.29, 1.82) is 0 Å². The molecule has 4 nitrogen and oxygen atoms in total. The van der Waals surface area contributed by atoms with Crippen LogP contribution < -0.4 is 0 Å². The van der Waals surface area contributed by atoms with Crippen LogP contribution in [0.2, 0.25) is 5.15 Å². The minimum Gasteiger partial charge on any atom is -0.267 e. The van der Waals surface area contributed by atoms with Gasteiger partial charge in [0.1, 0.15) is 5.15 Å². The maximum Gasteiger partial charge on any atom is 0.274 e. The smallest absolute Gasteiger partial charge is 0.267 e. The van der Waals surface area contributed by atoms with E-state index >= 15 is 0 Å². The Morgan fingerprint density at radius 2 is 1.64 bits per heavy atom. The van der Waals surface area contributed by atoms with Gasteiger partial charge in [0.25, 0.3) is 5.91 Å². The van der Waals surface area contributed by atoms with Crippen LogP contribution in [0, 0.1) is 6.92 Å². The van der Waals surface area contributed by atoms with E-state index in [9.17, 15) is 4.79 Å². The number of carbonyl (C=O) groups is 1. The van der Waals surface area contributed by atoms with Crippen LogP contribution in [0.4, 0.5) is 0 Å². The standard InChI is InChI=1S/C26H18Br2ClN3O/c1-15-2-3-18-13-21(25(29)30-22(18)12-15)24-14-23(16-4-8-19(27)9-5-16)31-32(24)26(33)17-6-10-20(28)11-7-17/h2-13,24H,14H2,1H3/t24-/m0/s1. The van der Waals surface area contributed by atoms with Gasteiger partial charge in [0.05, 0.1) is 17.3 Å². The normalized spacial score (nSPS) is 15.7. The summed E-state index contributed by atoms with van der Waals surface area (Å²) in [5.41, 5.74) is 5.10. The monoisotopic (exact) mass is 581 g/mol. The second-order valence-corrected chi connectivity index (χ2v) is 10.2. The average Bonchev–Trinajstić information content (AvgIpc) is 3.24. The molecule has 2 heterocycles. The van der Waals surface area contributed by atoms with Gasteiger partial charge in [0, 0.05) is 31.9 Å². The molecule has 0 spiro atoms. The molecule has 0 bridgehead atoms. The third-order valence-corrected chi connectivity index (χ3v) is 7.06. The summed E-state index contributed by atoms with van der Waals surface area (Å²) in [5.74, 6) is -0.181. The van der Waals surface area contributed by atoms with Gasteiger partial charge in [-0.15, -0.1) is 0 Å². The molecule has 1 aliphatic rings. The summed E-state index contributed by atoms with van der Waals surface area (Å²) in [4.78, 5) is 18.2. The first-order chi connectivity index (χ1) is 15.9. The molecular weight excluding hydrogens is 566 g/mol. The molecule has 0 unspecified atom stereocenters. The van der Waals surface area contributed by atoms with Crippen LogP contribution in [-0.2, 0) is 0 Å². The Balaban J connectivity index is 1.60. The number of rotatable bonds is 3. The van der Waals surface area contributed by atoms with Crippen molar-refractivity contribution < 1.29 is 4.79 Å². The zero-order valence-electron chi connectivity index (χ0n) is 17.6. The van der Waals surface area contributed by atoms with Gasteiger partial charge in [0.2, 0.25) is 0 Å². The lowest BCUT2D eigenvalue weighted by Crippen LogP contribution is -2.27. The molecule has 0 aliphatic carbocycles. The summed E-state index contributed by atoms with van der Waals surface area (Å²) in [6.45, 7) is 2.02. The van der Waals surface area contributed by atoms with Crippen LogP contribution in [0.25, 0.3) is 10.9 Å². The highest BCUT2D eigenvalue weighted by Crippen LogP contribution is 2.38. The Kier molecular flexibility index (Phi) is 6.08. The molecule has 4 aromatic rings. The quantitative estimate of drug-likeness (QED) is 0.232. The largest absolute Gasteiger partial charge is 0.274 e. The Morgan fingerprint density at radius 3 is 2.33 bits per heavy atom. The zero-order valence-corrected chi connectivity index (χ0v) is 21.5. The molecule has 0 saturated carbocycles. The van der Waals surface area contributed by atoms with Gasteiger partial charge in [-0.1, -0.05) is 67.7 Å². The number of aromatic nitrogens is 1. The minimum absolute atomic E-state index is 0.181. The third-order valence-electron chi connectivity index (χ3n) is 5.70. The Hall–Kier alpha value is -2.54. The maximum absolute atomic E-state index is 13.5. The lowest BCUT2D eigenvalue weighted by Gasteiger charge is -2.23. The van der Waals surface area contributed by atoms with Crippen LogP contribution in [-0.4, -0.2) is 21.6 Å². The van der Waals surface area contributed by atoms with Crippen LogP contribution in [0.15, 0.2) is 86.8 Å². The van der Waals surface area contributed by atoms with E-state index in [1.165, 1.54) is 0 Å². The molecule has 0 N–H and O–H groups in total. The summed E-state index contributed by atoms with van der Waals surface area (Å²) in [5, 5.41) is 7.68. The Bertz CT molecular complexity index is 1400. The van der Waals surface area contributed by atoms with Gasteiger partial charge in [-0.05, 0) is 66.6 Å². The molecule has 1 amide bonds. The van der Waals surface area contributed by atoms with E-state index in [1.807, 2.05) is 67.6 Å². The number of nitrogens with zero attached hydrogens (tertiary/aromatic N) is 3. The molecule has 5 rings (SSSR count). The molecule has 0 radical (unpaired) electrons. The fourth-order valence-electron chi connectivity index (χ4n) is 3.99. The first-order valence-corrected chi connectivity index (χ1v) is 12.3. The van der Waals surface area contributed by atoms with Crippen LogP contribution >= 0.6 is 43.5 Å². The highest BCUT2D eigenvalue weighted by molar-refractivity contribution is 9.10.